The molecule has 0 aromatic rings. The van der Waals surface area contributed by atoms with Gasteiger partial charge in [-0.3, -0.25) is 14.6 Å². The molecule has 0 N–H and O–H groups in total. The summed E-state index contributed by atoms with van der Waals surface area (Å²) < 4.78 is 10.1. The first-order valence-electron chi connectivity index (χ1n) is 7.68. The minimum atomic E-state index is -0.396. The third-order valence-electron chi connectivity index (χ3n) is 3.10. The van der Waals surface area contributed by atoms with Gasteiger partial charge in [0, 0.05) is 38.4 Å². The van der Waals surface area contributed by atoms with Crippen molar-refractivity contribution in [3.8, 4) is 0 Å². The van der Waals surface area contributed by atoms with Crippen molar-refractivity contribution in [2.45, 2.75) is 45.4 Å². The lowest BCUT2D eigenvalue weighted by molar-refractivity contribution is -0.144. The number of Topliss-reactive ketones (excluding diaryl/α,β-unsaturated/α-hetero) is 1. The number of ketones is 1. The van der Waals surface area contributed by atoms with E-state index in [4.69, 9.17) is 9.47 Å². The maximum Gasteiger partial charge on any atom is 0.339 e. The first-order valence-corrected chi connectivity index (χ1v) is 7.68. The Hall–Kier alpha value is -1.98. The van der Waals surface area contributed by atoms with Crippen molar-refractivity contribution in [1.82, 2.24) is 0 Å². The van der Waals surface area contributed by atoms with Crippen molar-refractivity contribution in [1.29, 1.82) is 0 Å². The van der Waals surface area contributed by atoms with E-state index in [2.05, 4.69) is 4.99 Å². The lowest BCUT2D eigenvalue weighted by Crippen LogP contribution is -2.14. The fourth-order valence-electron chi connectivity index (χ4n) is 1.82. The lowest BCUT2D eigenvalue weighted by Gasteiger charge is -2.08. The molecule has 22 heavy (non-hydrogen) atoms. The Kier molecular flexibility index (Phi) is 8.79. The van der Waals surface area contributed by atoms with Crippen LogP contribution < -0.4 is 0 Å². The van der Waals surface area contributed by atoms with Crippen LogP contribution in [-0.4, -0.2) is 43.7 Å². The number of dihydropyridines is 1. The number of nitrogens with zero attached hydrogens (tertiary/aromatic N) is 1. The van der Waals surface area contributed by atoms with Crippen molar-refractivity contribution < 1.29 is 23.9 Å². The normalized spacial score (nSPS) is 13.4. The molecule has 1 aliphatic heterocycles. The van der Waals surface area contributed by atoms with Crippen molar-refractivity contribution in [2.24, 2.45) is 4.99 Å². The lowest BCUT2D eigenvalue weighted by atomic mass is 10.1. The summed E-state index contributed by atoms with van der Waals surface area (Å²) in [4.78, 5) is 38.1. The first kappa shape index (κ1) is 18.1. The molecule has 0 radical (unpaired) electrons. The predicted octanol–water partition coefficient (Wildman–Crippen LogP) is 2.01. The number of carbonyl (C=O) groups is 3. The molecule has 0 atom stereocenters. The molecule has 6 heteroatoms. The van der Waals surface area contributed by atoms with Crippen molar-refractivity contribution in [3.05, 3.63) is 11.6 Å². The van der Waals surface area contributed by atoms with Crippen molar-refractivity contribution in [2.75, 3.05) is 19.8 Å². The van der Waals surface area contributed by atoms with Gasteiger partial charge in [0.05, 0.1) is 18.8 Å². The van der Waals surface area contributed by atoms with Crippen LogP contribution in [0.4, 0.5) is 0 Å². The molecule has 122 valence electrons. The molecule has 1 aliphatic rings. The molecular weight excluding hydrogens is 286 g/mol. The molecule has 0 aliphatic carbocycles. The average Bonchev–Trinajstić information content (AvgIpc) is 2.55. The summed E-state index contributed by atoms with van der Waals surface area (Å²) in [6, 6.07) is 0. The van der Waals surface area contributed by atoms with E-state index in [0.717, 1.165) is 6.42 Å². The molecule has 1 rings (SSSR count). The van der Waals surface area contributed by atoms with E-state index in [-0.39, 0.29) is 31.4 Å². The number of aliphatic imine (C=N–C) groups is 1. The van der Waals surface area contributed by atoms with Crippen LogP contribution in [0.1, 0.15) is 45.4 Å². The fraction of sp³-hybridized carbons (Fsp3) is 0.625. The van der Waals surface area contributed by atoms with Crippen LogP contribution in [-0.2, 0) is 23.9 Å². The third-order valence-corrected chi connectivity index (χ3v) is 3.10. The summed E-state index contributed by atoms with van der Waals surface area (Å²) in [5.41, 5.74) is 0.476. The Bertz CT molecular complexity index is 453. The van der Waals surface area contributed by atoms with E-state index >= 15 is 0 Å². The van der Waals surface area contributed by atoms with Gasteiger partial charge in [0.1, 0.15) is 5.78 Å². The van der Waals surface area contributed by atoms with E-state index in [1.165, 1.54) is 6.21 Å². The molecule has 0 bridgehead atoms. The van der Waals surface area contributed by atoms with Crippen LogP contribution >= 0.6 is 0 Å². The largest absolute Gasteiger partial charge is 0.466 e. The smallest absolute Gasteiger partial charge is 0.339 e. The van der Waals surface area contributed by atoms with Crippen LogP contribution in [0.2, 0.25) is 0 Å². The SMILES string of the molecule is CCC(=O)CCCC(=O)OCCCOC(=O)C1=CCCN=C1. The number of hydrogen-bond acceptors (Lipinski definition) is 6. The topological polar surface area (TPSA) is 82.0 Å². The second-order valence-corrected chi connectivity index (χ2v) is 4.94. The van der Waals surface area contributed by atoms with Crippen molar-refractivity contribution in [3.63, 3.8) is 0 Å². The molecule has 0 fully saturated rings. The zero-order valence-corrected chi connectivity index (χ0v) is 13.0. The highest BCUT2D eigenvalue weighted by molar-refractivity contribution is 6.09. The van der Waals surface area contributed by atoms with E-state index in [0.29, 0.717) is 37.8 Å². The van der Waals surface area contributed by atoms with Gasteiger partial charge in [-0.1, -0.05) is 13.0 Å². The van der Waals surface area contributed by atoms with Gasteiger partial charge < -0.3 is 9.47 Å². The molecule has 0 amide bonds. The van der Waals surface area contributed by atoms with Gasteiger partial charge in [0.15, 0.2) is 0 Å². The third kappa shape index (κ3) is 7.71. The highest BCUT2D eigenvalue weighted by Gasteiger charge is 2.10. The van der Waals surface area contributed by atoms with Gasteiger partial charge in [0.2, 0.25) is 0 Å². The minimum Gasteiger partial charge on any atom is -0.466 e. The summed E-state index contributed by atoms with van der Waals surface area (Å²) in [6.45, 7) is 2.92. The Balaban J connectivity index is 2.01. The zero-order valence-electron chi connectivity index (χ0n) is 13.0. The maximum atomic E-state index is 11.6. The summed E-state index contributed by atoms with van der Waals surface area (Å²) >= 11 is 0. The molecule has 0 aromatic heterocycles. The second kappa shape index (κ2) is 10.7. The number of ether oxygens (including phenoxy) is 2. The van der Waals surface area contributed by atoms with Gasteiger partial charge in [-0.05, 0) is 12.8 Å². The Morgan fingerprint density at radius 3 is 2.59 bits per heavy atom. The van der Waals surface area contributed by atoms with E-state index in [1.807, 2.05) is 0 Å². The summed E-state index contributed by atoms with van der Waals surface area (Å²) in [6.07, 6.45) is 6.20. The summed E-state index contributed by atoms with van der Waals surface area (Å²) in [5, 5.41) is 0. The van der Waals surface area contributed by atoms with Gasteiger partial charge >= 0.3 is 11.9 Å². The van der Waals surface area contributed by atoms with Crippen molar-refractivity contribution >= 4 is 23.9 Å². The number of carbonyl (C=O) groups excluding carboxylic acids is 3. The molecule has 0 unspecified atom stereocenters. The highest BCUT2D eigenvalue weighted by atomic mass is 16.5. The molecular formula is C16H23NO5. The van der Waals surface area contributed by atoms with Gasteiger partial charge in [-0.15, -0.1) is 0 Å². The number of hydrogen-bond donors (Lipinski definition) is 0. The van der Waals surface area contributed by atoms with Gasteiger partial charge in [-0.25, -0.2) is 4.79 Å². The van der Waals surface area contributed by atoms with Crippen LogP contribution in [0, 0.1) is 0 Å². The van der Waals surface area contributed by atoms with E-state index < -0.39 is 5.97 Å². The molecule has 0 saturated carbocycles. The number of rotatable bonds is 10. The maximum absolute atomic E-state index is 11.6. The fourth-order valence-corrected chi connectivity index (χ4v) is 1.82. The van der Waals surface area contributed by atoms with E-state index in [1.54, 1.807) is 13.0 Å². The Morgan fingerprint density at radius 2 is 1.91 bits per heavy atom. The highest BCUT2D eigenvalue weighted by Crippen LogP contribution is 2.04. The molecule has 6 nitrogen and oxygen atoms in total. The summed E-state index contributed by atoms with van der Waals surface area (Å²) in [5.74, 6) is -0.564. The average molecular weight is 309 g/mol. The van der Waals surface area contributed by atoms with Crippen LogP contribution in [0.15, 0.2) is 16.6 Å². The van der Waals surface area contributed by atoms with Gasteiger partial charge in [-0.2, -0.15) is 0 Å². The standard InChI is InChI=1S/C16H23NO5/c1-2-14(18)7-3-8-15(19)21-10-5-11-22-16(20)13-6-4-9-17-12-13/h6,12H,2-5,7-11H2,1H3. The second-order valence-electron chi connectivity index (χ2n) is 4.94. The van der Waals surface area contributed by atoms with Crippen LogP contribution in [0.3, 0.4) is 0 Å². The quantitative estimate of drug-likeness (QED) is 0.455. The van der Waals surface area contributed by atoms with Gasteiger partial charge in [0.25, 0.3) is 0 Å². The molecule has 0 spiro atoms. The molecule has 0 saturated heterocycles. The molecule has 0 aromatic carbocycles. The predicted molar refractivity (Wildman–Crippen MR) is 81.7 cm³/mol. The van der Waals surface area contributed by atoms with E-state index in [9.17, 15) is 14.4 Å². The van der Waals surface area contributed by atoms with Crippen LogP contribution in [0.25, 0.3) is 0 Å². The van der Waals surface area contributed by atoms with Crippen LogP contribution in [0.5, 0.6) is 0 Å². The number of esters is 2. The molecule has 1 heterocycles. The Morgan fingerprint density at radius 1 is 1.14 bits per heavy atom. The first-order chi connectivity index (χ1) is 10.6. The Labute approximate surface area is 130 Å². The zero-order chi connectivity index (χ0) is 16.2. The monoisotopic (exact) mass is 309 g/mol. The summed E-state index contributed by atoms with van der Waals surface area (Å²) in [7, 11) is 0. The minimum absolute atomic E-state index is 0.153.